The monoisotopic (exact) mass is 1240 g/mol. The summed E-state index contributed by atoms with van der Waals surface area (Å²) in [5, 5.41) is 19.6. The average Bonchev–Trinajstić information content (AvgIpc) is 2.15. The van der Waals surface area contributed by atoms with Gasteiger partial charge in [-0.25, -0.2) is 18.1 Å². The van der Waals surface area contributed by atoms with Crippen LogP contribution in [0.4, 0.5) is 17.1 Å². The molecule has 0 spiro atoms. The third kappa shape index (κ3) is 14.6. The van der Waals surface area contributed by atoms with Crippen molar-refractivity contribution in [1.82, 2.24) is 39.6 Å². The minimum atomic E-state index is -4.62. The summed E-state index contributed by atoms with van der Waals surface area (Å²) < 4.78 is 42.7. The molecular weight excluding hydrogens is 1160 g/mol. The Labute approximate surface area is 517 Å². The third-order valence-electron chi connectivity index (χ3n) is 17.9. The number of nitro groups is 1. The van der Waals surface area contributed by atoms with Gasteiger partial charge in [-0.05, 0) is 161 Å². The van der Waals surface area contributed by atoms with Crippen molar-refractivity contribution in [2.45, 2.75) is 89.1 Å². The van der Waals surface area contributed by atoms with E-state index in [9.17, 15) is 37.7 Å². The molecule has 1 atom stereocenters. The Morgan fingerprint density at radius 3 is 2.47 bits per heavy atom. The van der Waals surface area contributed by atoms with Gasteiger partial charge in [-0.1, -0.05) is 49.2 Å². The molecule has 2 aromatic heterocycles. The number of nitrogens with one attached hydrogen (secondary N) is 4. The molecule has 11 rings (SSSR count). The van der Waals surface area contributed by atoms with E-state index >= 15 is 0 Å². The van der Waals surface area contributed by atoms with Gasteiger partial charge in [0.25, 0.3) is 27.5 Å². The summed E-state index contributed by atoms with van der Waals surface area (Å²) in [4.78, 5) is 81.5. The second kappa shape index (κ2) is 26.8. The predicted molar refractivity (Wildman–Crippen MR) is 337 cm³/mol. The number of sulfonamides is 1. The van der Waals surface area contributed by atoms with Gasteiger partial charge in [-0.3, -0.25) is 39.5 Å². The van der Waals surface area contributed by atoms with Gasteiger partial charge < -0.3 is 39.4 Å². The van der Waals surface area contributed by atoms with Gasteiger partial charge in [0.1, 0.15) is 34.6 Å². The van der Waals surface area contributed by atoms with Gasteiger partial charge in [0.05, 0.1) is 34.7 Å². The number of piperidine rings is 2. The van der Waals surface area contributed by atoms with Crippen LogP contribution in [-0.2, 0) is 26.2 Å². The van der Waals surface area contributed by atoms with Crippen LogP contribution >= 0.6 is 11.6 Å². The zero-order valence-corrected chi connectivity index (χ0v) is 51.6. The second-order valence-electron chi connectivity index (χ2n) is 24.6. The van der Waals surface area contributed by atoms with E-state index in [2.05, 4.69) is 78.0 Å². The first-order valence-corrected chi connectivity index (χ1v) is 32.3. The number of imide groups is 1. The maximum Gasteiger partial charge on any atom is 0.293 e. The predicted octanol–water partition coefficient (Wildman–Crippen LogP) is 9.50. The molecule has 0 radical (unpaired) electrons. The van der Waals surface area contributed by atoms with Crippen molar-refractivity contribution in [2.24, 2.45) is 11.3 Å². The molecule has 0 bridgehead atoms. The number of anilines is 2. The summed E-state index contributed by atoms with van der Waals surface area (Å²) in [5.41, 5.74) is 6.72. The zero-order chi connectivity index (χ0) is 61.7. The summed E-state index contributed by atoms with van der Waals surface area (Å²) >= 11 is 6.28. The minimum absolute atomic E-state index is 0.0522. The van der Waals surface area contributed by atoms with Crippen LogP contribution in [0, 0.1) is 21.4 Å². The van der Waals surface area contributed by atoms with Gasteiger partial charge in [-0.15, -0.1) is 0 Å². The first kappa shape index (κ1) is 61.7. The fourth-order valence-electron chi connectivity index (χ4n) is 12.6. The van der Waals surface area contributed by atoms with E-state index in [-0.39, 0.29) is 53.1 Å². The van der Waals surface area contributed by atoms with Crippen LogP contribution in [0.1, 0.15) is 103 Å². The lowest BCUT2D eigenvalue weighted by Gasteiger charge is -2.39. The molecule has 4 aromatic carbocycles. The molecule has 3 saturated heterocycles. The number of hydrogen-bond acceptors (Lipinski definition) is 16. The Morgan fingerprint density at radius 1 is 0.898 bits per heavy atom. The van der Waals surface area contributed by atoms with Crippen LogP contribution in [0.5, 0.6) is 17.2 Å². The van der Waals surface area contributed by atoms with Crippen LogP contribution in [0.25, 0.3) is 16.6 Å². The number of likely N-dealkylation sites (N-methyl/N-ethyl adjacent to an activating group) is 1. The number of fused-ring (bicyclic) bond motifs is 2. The Kier molecular flexibility index (Phi) is 18.8. The molecular formula is C65H76ClN11O10S. The molecule has 1 unspecified atom stereocenters. The molecule has 88 heavy (non-hydrogen) atoms. The van der Waals surface area contributed by atoms with Crippen molar-refractivity contribution in [3.05, 3.63) is 146 Å². The number of halogens is 1. The fourth-order valence-corrected chi connectivity index (χ4v) is 13.8. The number of piperazine rings is 1. The topological polar surface area (TPSA) is 245 Å². The molecule has 4 aliphatic heterocycles. The Hall–Kier alpha value is -7.89. The number of pyridine rings is 1. The highest BCUT2D eigenvalue weighted by Gasteiger charge is 2.40. The second-order valence-corrected chi connectivity index (χ2v) is 26.8. The zero-order valence-electron chi connectivity index (χ0n) is 50.0. The largest absolute Gasteiger partial charge is 0.493 e. The summed E-state index contributed by atoms with van der Waals surface area (Å²) in [5.74, 6) is -0.637. The van der Waals surface area contributed by atoms with E-state index in [4.69, 9.17) is 21.1 Å². The van der Waals surface area contributed by atoms with Crippen molar-refractivity contribution in [3.8, 4) is 17.2 Å². The molecule has 464 valence electrons. The standard InChI is InChI=1S/C65H76ClN11O10S/c1-65(2)23-19-46(53(38-65)44-9-11-47(66)12-10-44)41-74-30-32-75(33-31-74)48-13-15-52(59(36-48)87-49-35-45-20-24-67-61(45)69-40-49)62(79)71-88(84,85)50-14-16-55(57(37-50)77(82)83)68-39-43-21-26-73(27-22-43)29-28-72(3)25-4-5-34-86-58-8-6-7-51-54(58)42-76(64(51)81)56-17-18-60(78)70-63(56)80/h6-16,20,24,35-37,40,43,56,68H,4-5,17-19,21-23,25-34,38-39,41-42H2,1-3H3,(H,67,69)(H,71,79)(H,70,78,80). The number of hydrogen-bond donors (Lipinski definition) is 4. The normalized spacial score (nSPS) is 18.6. The number of amides is 4. The number of likely N-dealkylation sites (tertiary alicyclic amines) is 1. The van der Waals surface area contributed by atoms with Crippen molar-refractivity contribution >= 4 is 78.9 Å². The Balaban J connectivity index is 0.652. The molecule has 3 fully saturated rings. The number of unbranched alkanes of at least 4 members (excludes halogenated alkanes) is 1. The fraction of sp³-hybridized carbons (Fsp3) is 0.431. The molecule has 21 nitrogen and oxygen atoms in total. The number of ether oxygens (including phenoxy) is 2. The Morgan fingerprint density at radius 2 is 1.69 bits per heavy atom. The lowest BCUT2D eigenvalue weighted by molar-refractivity contribution is -0.384. The van der Waals surface area contributed by atoms with E-state index in [1.165, 1.54) is 39.9 Å². The molecule has 4 amide bonds. The molecule has 5 aliphatic rings. The number of aromatic amines is 1. The van der Waals surface area contributed by atoms with Crippen LogP contribution in [0.2, 0.25) is 5.02 Å². The summed E-state index contributed by atoms with van der Waals surface area (Å²) in [6, 6.07) is 25.2. The van der Waals surface area contributed by atoms with Gasteiger partial charge in [-0.2, -0.15) is 0 Å². The molecule has 0 saturated carbocycles. The summed E-state index contributed by atoms with van der Waals surface area (Å²) in [6.07, 6.45) is 10.4. The van der Waals surface area contributed by atoms with Gasteiger partial charge in [0, 0.05) is 104 Å². The molecule has 6 aromatic rings. The van der Waals surface area contributed by atoms with Crippen LogP contribution < -0.4 is 29.7 Å². The van der Waals surface area contributed by atoms with E-state index in [1.807, 2.05) is 24.3 Å². The number of rotatable bonds is 23. The van der Waals surface area contributed by atoms with E-state index in [0.29, 0.717) is 55.4 Å². The highest BCUT2D eigenvalue weighted by Crippen LogP contribution is 2.44. The molecule has 4 N–H and O–H groups in total. The number of benzene rings is 4. The van der Waals surface area contributed by atoms with Gasteiger partial charge >= 0.3 is 0 Å². The quantitative estimate of drug-likeness (QED) is 0.0202. The van der Waals surface area contributed by atoms with Crippen LogP contribution in [0.15, 0.2) is 114 Å². The minimum Gasteiger partial charge on any atom is -0.493 e. The van der Waals surface area contributed by atoms with E-state index in [1.54, 1.807) is 42.6 Å². The highest BCUT2D eigenvalue weighted by molar-refractivity contribution is 7.90. The number of H-pyrrole nitrogens is 1. The lowest BCUT2D eigenvalue weighted by Crippen LogP contribution is -2.52. The number of carbonyl (C=O) groups is 4. The first-order chi connectivity index (χ1) is 42.3. The van der Waals surface area contributed by atoms with Crippen molar-refractivity contribution in [2.75, 3.05) is 95.9 Å². The first-order valence-electron chi connectivity index (χ1n) is 30.4. The lowest BCUT2D eigenvalue weighted by atomic mass is 9.72. The van der Waals surface area contributed by atoms with Crippen molar-refractivity contribution in [1.29, 1.82) is 0 Å². The SMILES string of the molecule is CN(CCCCOc1cccc2c1CN(C1CCC(=O)NC1=O)C2=O)CCN1CCC(CNc2ccc(S(=O)(=O)NC(=O)c3ccc(N4CCN(CC5=C(c6ccc(Cl)cc6)CC(C)(C)CC5)CC4)cc3Oc3cnc4[nH]ccc4c3)cc2[N+](=O)[O-])CC1. The molecule has 1 aliphatic carbocycles. The van der Waals surface area contributed by atoms with Crippen molar-refractivity contribution < 1.29 is 42.0 Å². The van der Waals surface area contributed by atoms with E-state index < -0.39 is 43.4 Å². The van der Waals surface area contributed by atoms with Crippen LogP contribution in [-0.4, -0.2) is 158 Å². The highest BCUT2D eigenvalue weighted by atomic mass is 35.5. The maximum absolute atomic E-state index is 14.2. The van der Waals surface area contributed by atoms with Gasteiger partial charge in [0.15, 0.2) is 0 Å². The third-order valence-corrected chi connectivity index (χ3v) is 19.4. The van der Waals surface area contributed by atoms with Crippen molar-refractivity contribution in [3.63, 3.8) is 0 Å². The molecule has 23 heteroatoms. The molecule has 6 heterocycles. The average molecular weight is 1240 g/mol. The van der Waals surface area contributed by atoms with Gasteiger partial charge in [0.2, 0.25) is 11.8 Å². The summed E-state index contributed by atoms with van der Waals surface area (Å²) in [6.45, 7) is 14.1. The maximum atomic E-state index is 14.2. The number of aromatic nitrogens is 2. The smallest absolute Gasteiger partial charge is 0.293 e. The number of allylic oxidation sites excluding steroid dienone is 1. The van der Waals surface area contributed by atoms with Crippen LogP contribution in [0.3, 0.4) is 0 Å². The van der Waals surface area contributed by atoms with E-state index in [0.717, 1.165) is 125 Å². The number of nitrogens with zero attached hydrogens (tertiary/aromatic N) is 7. The summed E-state index contributed by atoms with van der Waals surface area (Å²) in [7, 11) is -2.53. The number of nitro benzene ring substituents is 1. The Bertz CT molecular complexity index is 3750. The number of carbonyl (C=O) groups excluding carboxylic acids is 4.